The molecule has 2 aromatic carbocycles. The van der Waals surface area contributed by atoms with Crippen LogP contribution in [0.25, 0.3) is 16.9 Å². The van der Waals surface area contributed by atoms with Gasteiger partial charge in [0.2, 0.25) is 0 Å². The molecule has 0 aliphatic heterocycles. The number of ketones is 1. The van der Waals surface area contributed by atoms with Gasteiger partial charge in [0.15, 0.2) is 11.6 Å². The van der Waals surface area contributed by atoms with Crippen molar-refractivity contribution in [2.24, 2.45) is 0 Å². The zero-order chi connectivity index (χ0) is 18.3. The molecule has 0 amide bonds. The SMILES string of the molecule is Nc1nc2ccc(C(=O)c3ccc(F)cc3)cn2c1-c1ccc(F)cc1. The van der Waals surface area contributed by atoms with Gasteiger partial charge >= 0.3 is 0 Å². The second kappa shape index (κ2) is 6.07. The van der Waals surface area contributed by atoms with Gasteiger partial charge < -0.3 is 5.73 Å². The van der Waals surface area contributed by atoms with Crippen LogP contribution in [0.3, 0.4) is 0 Å². The Hall–Kier alpha value is -3.54. The molecule has 0 spiro atoms. The molecule has 0 fully saturated rings. The molecule has 4 aromatic rings. The van der Waals surface area contributed by atoms with Crippen molar-refractivity contribution in [1.29, 1.82) is 0 Å². The van der Waals surface area contributed by atoms with Crippen molar-refractivity contribution in [2.75, 3.05) is 5.73 Å². The smallest absolute Gasteiger partial charge is 0.194 e. The van der Waals surface area contributed by atoms with E-state index in [1.165, 1.54) is 36.4 Å². The number of anilines is 1. The van der Waals surface area contributed by atoms with E-state index in [4.69, 9.17) is 5.73 Å². The third kappa shape index (κ3) is 2.71. The fraction of sp³-hybridized carbons (Fsp3) is 0. The summed E-state index contributed by atoms with van der Waals surface area (Å²) in [5.41, 5.74) is 8.64. The third-order valence-corrected chi connectivity index (χ3v) is 4.13. The number of pyridine rings is 1. The maximum Gasteiger partial charge on any atom is 0.194 e. The molecule has 0 aliphatic carbocycles. The number of nitrogens with two attached hydrogens (primary N) is 1. The molecule has 0 atom stereocenters. The van der Waals surface area contributed by atoms with Crippen LogP contribution in [0, 0.1) is 11.6 Å². The van der Waals surface area contributed by atoms with Crippen LogP contribution < -0.4 is 5.73 Å². The van der Waals surface area contributed by atoms with E-state index in [9.17, 15) is 13.6 Å². The molecule has 0 aliphatic rings. The maximum atomic E-state index is 13.2. The quantitative estimate of drug-likeness (QED) is 0.567. The molecule has 2 N–H and O–H groups in total. The first-order valence-electron chi connectivity index (χ1n) is 7.87. The van der Waals surface area contributed by atoms with Crippen molar-refractivity contribution in [2.45, 2.75) is 0 Å². The van der Waals surface area contributed by atoms with Crippen LogP contribution in [0.15, 0.2) is 66.9 Å². The first-order chi connectivity index (χ1) is 12.5. The highest BCUT2D eigenvalue weighted by atomic mass is 19.1. The number of carbonyl (C=O) groups is 1. The van der Waals surface area contributed by atoms with Crippen LogP contribution in [-0.4, -0.2) is 15.2 Å². The van der Waals surface area contributed by atoms with Gasteiger partial charge in [-0.05, 0) is 60.7 Å². The zero-order valence-electron chi connectivity index (χ0n) is 13.5. The summed E-state index contributed by atoms with van der Waals surface area (Å²) in [4.78, 5) is 16.9. The average molecular weight is 349 g/mol. The average Bonchev–Trinajstić information content (AvgIpc) is 2.97. The number of fused-ring (bicyclic) bond motifs is 1. The first kappa shape index (κ1) is 16.0. The number of carbonyl (C=O) groups excluding carboxylic acids is 1. The van der Waals surface area contributed by atoms with E-state index in [1.807, 2.05) is 0 Å². The molecule has 4 rings (SSSR count). The molecule has 0 bridgehead atoms. The number of nitrogens with zero attached hydrogens (tertiary/aromatic N) is 2. The normalized spacial score (nSPS) is 11.0. The van der Waals surface area contributed by atoms with E-state index >= 15 is 0 Å². The molecule has 2 heterocycles. The fourth-order valence-electron chi connectivity index (χ4n) is 2.86. The Bertz CT molecular complexity index is 1120. The zero-order valence-corrected chi connectivity index (χ0v) is 13.5. The molecule has 2 aromatic heterocycles. The highest BCUT2D eigenvalue weighted by Gasteiger charge is 2.15. The van der Waals surface area contributed by atoms with Gasteiger partial charge in [0.1, 0.15) is 17.3 Å². The number of rotatable bonds is 3. The Balaban J connectivity index is 1.84. The minimum Gasteiger partial charge on any atom is -0.382 e. The van der Waals surface area contributed by atoms with E-state index in [0.29, 0.717) is 28.0 Å². The second-order valence-corrected chi connectivity index (χ2v) is 5.83. The van der Waals surface area contributed by atoms with E-state index < -0.39 is 5.82 Å². The lowest BCUT2D eigenvalue weighted by atomic mass is 10.0. The molecule has 0 saturated carbocycles. The van der Waals surface area contributed by atoms with E-state index in [0.717, 1.165) is 0 Å². The number of hydrogen-bond donors (Lipinski definition) is 1. The fourth-order valence-corrected chi connectivity index (χ4v) is 2.86. The van der Waals surface area contributed by atoms with Crippen LogP contribution in [0.1, 0.15) is 15.9 Å². The van der Waals surface area contributed by atoms with Crippen molar-refractivity contribution < 1.29 is 13.6 Å². The Kier molecular flexibility index (Phi) is 3.73. The van der Waals surface area contributed by atoms with Crippen molar-refractivity contribution >= 4 is 17.2 Å². The van der Waals surface area contributed by atoms with Gasteiger partial charge in [-0.1, -0.05) is 0 Å². The standard InChI is InChI=1S/C20H13F2N3O/c21-15-6-1-12(2-7-15)18-20(23)24-17-10-5-14(11-25(17)18)19(26)13-3-8-16(22)9-4-13/h1-11H,23H2. The second-order valence-electron chi connectivity index (χ2n) is 5.83. The Morgan fingerprint density at radius 2 is 1.42 bits per heavy atom. The van der Waals surface area contributed by atoms with Crippen LogP contribution in [0.2, 0.25) is 0 Å². The summed E-state index contributed by atoms with van der Waals surface area (Å²) in [5, 5.41) is 0. The van der Waals surface area contributed by atoms with Crippen molar-refractivity contribution in [3.05, 3.63) is 89.6 Å². The van der Waals surface area contributed by atoms with E-state index in [2.05, 4.69) is 4.98 Å². The van der Waals surface area contributed by atoms with Gasteiger partial charge in [0.25, 0.3) is 0 Å². The molecule has 4 nitrogen and oxygen atoms in total. The summed E-state index contributed by atoms with van der Waals surface area (Å²) in [6, 6.07) is 14.5. The number of benzene rings is 2. The first-order valence-corrected chi connectivity index (χ1v) is 7.87. The van der Waals surface area contributed by atoms with Crippen LogP contribution >= 0.6 is 0 Å². The lowest BCUT2D eigenvalue weighted by Crippen LogP contribution is -2.03. The highest BCUT2D eigenvalue weighted by molar-refractivity contribution is 6.09. The monoisotopic (exact) mass is 349 g/mol. The van der Waals surface area contributed by atoms with Gasteiger partial charge in [-0.2, -0.15) is 0 Å². The number of halogens is 2. The molecule has 0 saturated heterocycles. The lowest BCUT2D eigenvalue weighted by molar-refractivity contribution is 0.103. The minimum atomic E-state index is -0.405. The summed E-state index contributed by atoms with van der Waals surface area (Å²) in [6.07, 6.45) is 1.63. The van der Waals surface area contributed by atoms with E-state index in [-0.39, 0.29) is 17.4 Å². The maximum absolute atomic E-state index is 13.2. The summed E-state index contributed by atoms with van der Waals surface area (Å²) in [6.45, 7) is 0. The van der Waals surface area contributed by atoms with Crippen molar-refractivity contribution in [3.8, 4) is 11.3 Å². The number of hydrogen-bond acceptors (Lipinski definition) is 3. The summed E-state index contributed by atoms with van der Waals surface area (Å²) < 4.78 is 28.0. The third-order valence-electron chi connectivity index (χ3n) is 4.13. The van der Waals surface area contributed by atoms with Crippen molar-refractivity contribution in [3.63, 3.8) is 0 Å². The molecule has 26 heavy (non-hydrogen) atoms. The molecule has 0 radical (unpaired) electrons. The largest absolute Gasteiger partial charge is 0.382 e. The molecule has 128 valence electrons. The molecule has 0 unspecified atom stereocenters. The highest BCUT2D eigenvalue weighted by Crippen LogP contribution is 2.28. The van der Waals surface area contributed by atoms with Crippen LogP contribution in [0.5, 0.6) is 0 Å². The van der Waals surface area contributed by atoms with Gasteiger partial charge in [-0.25, -0.2) is 13.8 Å². The van der Waals surface area contributed by atoms with E-state index in [1.54, 1.807) is 34.9 Å². The number of imidazole rings is 1. The Morgan fingerprint density at radius 3 is 2.08 bits per heavy atom. The number of aromatic nitrogens is 2. The van der Waals surface area contributed by atoms with Crippen molar-refractivity contribution in [1.82, 2.24) is 9.38 Å². The predicted octanol–water partition coefficient (Wildman–Crippen LogP) is 4.09. The number of nitrogen functional groups attached to an aromatic ring is 1. The summed E-state index contributed by atoms with van der Waals surface area (Å²) in [5.74, 6) is -0.724. The van der Waals surface area contributed by atoms with Gasteiger partial charge in [-0.15, -0.1) is 0 Å². The summed E-state index contributed by atoms with van der Waals surface area (Å²) >= 11 is 0. The Labute approximate surface area is 147 Å². The Morgan fingerprint density at radius 1 is 0.846 bits per heavy atom. The van der Waals surface area contributed by atoms with Gasteiger partial charge in [0.05, 0.1) is 5.69 Å². The summed E-state index contributed by atoms with van der Waals surface area (Å²) in [7, 11) is 0. The molecule has 6 heteroatoms. The van der Waals surface area contributed by atoms with Crippen LogP contribution in [-0.2, 0) is 0 Å². The lowest BCUT2D eigenvalue weighted by Gasteiger charge is -2.06. The van der Waals surface area contributed by atoms with Crippen LogP contribution in [0.4, 0.5) is 14.6 Å². The molecular formula is C20H13F2N3O. The van der Waals surface area contributed by atoms with Gasteiger partial charge in [0, 0.05) is 22.9 Å². The minimum absolute atomic E-state index is 0.246. The molecular weight excluding hydrogens is 336 g/mol. The van der Waals surface area contributed by atoms with Gasteiger partial charge in [-0.3, -0.25) is 9.20 Å². The topological polar surface area (TPSA) is 60.4 Å². The predicted molar refractivity (Wildman–Crippen MR) is 94.8 cm³/mol.